The average molecular weight is 178 g/mol. The van der Waals surface area contributed by atoms with Gasteiger partial charge in [-0.15, -0.1) is 0 Å². The predicted molar refractivity (Wildman–Crippen MR) is 50.8 cm³/mol. The molecule has 70 valence electrons. The number of hydrogen-bond donors (Lipinski definition) is 1. The van der Waals surface area contributed by atoms with Gasteiger partial charge in [0.15, 0.2) is 0 Å². The first kappa shape index (κ1) is 8.48. The second kappa shape index (κ2) is 2.69. The largest absolute Gasteiger partial charge is 0.310 e. The molecule has 0 atom stereocenters. The zero-order valence-electron chi connectivity index (χ0n) is 8.05. The maximum absolute atomic E-state index is 11.2. The SMILES string of the molecule is CCc1cc(=O)[nH]c(C2(C)CC2)n1. The Bertz CT molecular complexity index is 377. The lowest BCUT2D eigenvalue weighted by Gasteiger charge is -2.07. The molecule has 1 fully saturated rings. The van der Waals surface area contributed by atoms with Crippen molar-refractivity contribution in [2.24, 2.45) is 0 Å². The van der Waals surface area contributed by atoms with E-state index in [2.05, 4.69) is 16.9 Å². The molecule has 0 bridgehead atoms. The molecule has 0 radical (unpaired) electrons. The van der Waals surface area contributed by atoms with E-state index in [1.54, 1.807) is 6.07 Å². The highest BCUT2D eigenvalue weighted by atomic mass is 16.1. The minimum absolute atomic E-state index is 0.0185. The van der Waals surface area contributed by atoms with E-state index < -0.39 is 0 Å². The van der Waals surface area contributed by atoms with Gasteiger partial charge in [-0.25, -0.2) is 4.98 Å². The summed E-state index contributed by atoms with van der Waals surface area (Å²) in [7, 11) is 0. The Morgan fingerprint density at radius 3 is 2.85 bits per heavy atom. The van der Waals surface area contributed by atoms with Gasteiger partial charge in [-0.2, -0.15) is 0 Å². The molecule has 1 aromatic rings. The van der Waals surface area contributed by atoms with Crippen molar-refractivity contribution in [3.63, 3.8) is 0 Å². The van der Waals surface area contributed by atoms with Crippen molar-refractivity contribution in [2.75, 3.05) is 0 Å². The van der Waals surface area contributed by atoms with Gasteiger partial charge in [0, 0.05) is 17.2 Å². The van der Waals surface area contributed by atoms with Crippen LogP contribution >= 0.6 is 0 Å². The van der Waals surface area contributed by atoms with Crippen LogP contribution in [0.3, 0.4) is 0 Å². The second-order valence-electron chi connectivity index (χ2n) is 4.00. The number of nitrogens with one attached hydrogen (secondary N) is 1. The maximum Gasteiger partial charge on any atom is 0.251 e. The molecular formula is C10H14N2O. The van der Waals surface area contributed by atoms with Gasteiger partial charge in [0.05, 0.1) is 0 Å². The first-order chi connectivity index (χ1) is 6.14. The van der Waals surface area contributed by atoms with Crippen LogP contribution in [0.4, 0.5) is 0 Å². The van der Waals surface area contributed by atoms with Crippen LogP contribution in [0.5, 0.6) is 0 Å². The van der Waals surface area contributed by atoms with Crippen molar-refractivity contribution in [3.8, 4) is 0 Å². The maximum atomic E-state index is 11.2. The van der Waals surface area contributed by atoms with E-state index in [0.717, 1.165) is 30.8 Å². The lowest BCUT2D eigenvalue weighted by molar-refractivity contribution is 0.692. The second-order valence-corrected chi connectivity index (χ2v) is 4.00. The van der Waals surface area contributed by atoms with Crippen LogP contribution in [0.2, 0.25) is 0 Å². The van der Waals surface area contributed by atoms with Crippen molar-refractivity contribution in [1.82, 2.24) is 9.97 Å². The number of nitrogens with zero attached hydrogens (tertiary/aromatic N) is 1. The minimum Gasteiger partial charge on any atom is -0.310 e. The Kier molecular flexibility index (Phi) is 1.75. The van der Waals surface area contributed by atoms with Gasteiger partial charge in [0.25, 0.3) is 5.56 Å². The molecule has 1 aromatic heterocycles. The van der Waals surface area contributed by atoms with E-state index in [9.17, 15) is 4.79 Å². The summed E-state index contributed by atoms with van der Waals surface area (Å²) < 4.78 is 0. The quantitative estimate of drug-likeness (QED) is 0.743. The number of aryl methyl sites for hydroxylation is 1. The van der Waals surface area contributed by atoms with Crippen molar-refractivity contribution < 1.29 is 0 Å². The zero-order chi connectivity index (χ0) is 9.47. The first-order valence-electron chi connectivity index (χ1n) is 4.75. The summed E-state index contributed by atoms with van der Waals surface area (Å²) in [6.07, 6.45) is 3.11. The molecule has 0 aromatic carbocycles. The molecule has 3 heteroatoms. The molecule has 0 aliphatic heterocycles. The van der Waals surface area contributed by atoms with E-state index >= 15 is 0 Å². The Balaban J connectivity index is 2.46. The summed E-state index contributed by atoms with van der Waals surface area (Å²) >= 11 is 0. The van der Waals surface area contributed by atoms with E-state index in [4.69, 9.17) is 0 Å². The molecule has 0 unspecified atom stereocenters. The van der Waals surface area contributed by atoms with Gasteiger partial charge in [-0.1, -0.05) is 13.8 Å². The fourth-order valence-corrected chi connectivity index (χ4v) is 1.40. The Morgan fingerprint density at radius 1 is 1.62 bits per heavy atom. The van der Waals surface area contributed by atoms with Crippen molar-refractivity contribution in [1.29, 1.82) is 0 Å². The smallest absolute Gasteiger partial charge is 0.251 e. The molecule has 2 rings (SSSR count). The Morgan fingerprint density at radius 2 is 2.31 bits per heavy atom. The van der Waals surface area contributed by atoms with Crippen LogP contribution in [0.25, 0.3) is 0 Å². The van der Waals surface area contributed by atoms with Crippen molar-refractivity contribution in [3.05, 3.63) is 27.9 Å². The highest BCUT2D eigenvalue weighted by Crippen LogP contribution is 2.45. The molecule has 1 heterocycles. The van der Waals surface area contributed by atoms with E-state index in [0.29, 0.717) is 0 Å². The number of rotatable bonds is 2. The van der Waals surface area contributed by atoms with Crippen LogP contribution in [0.1, 0.15) is 38.2 Å². The van der Waals surface area contributed by atoms with Gasteiger partial charge in [-0.05, 0) is 19.3 Å². The molecule has 3 nitrogen and oxygen atoms in total. The van der Waals surface area contributed by atoms with E-state index in [-0.39, 0.29) is 11.0 Å². The van der Waals surface area contributed by atoms with Crippen LogP contribution in [0.15, 0.2) is 10.9 Å². The molecule has 1 aliphatic rings. The lowest BCUT2D eigenvalue weighted by atomic mass is 10.1. The molecule has 1 aliphatic carbocycles. The summed E-state index contributed by atoms with van der Waals surface area (Å²) in [5.74, 6) is 0.872. The highest BCUT2D eigenvalue weighted by Gasteiger charge is 2.41. The van der Waals surface area contributed by atoms with Gasteiger partial charge in [0.2, 0.25) is 0 Å². The monoisotopic (exact) mass is 178 g/mol. The van der Waals surface area contributed by atoms with Crippen LogP contribution in [-0.2, 0) is 11.8 Å². The fraction of sp³-hybridized carbons (Fsp3) is 0.600. The standard InChI is InChI=1S/C10H14N2O/c1-3-7-6-8(13)12-9(11-7)10(2)4-5-10/h6H,3-5H2,1-2H3,(H,11,12,13). The summed E-state index contributed by atoms with van der Waals surface area (Å²) in [6.45, 7) is 4.16. The number of H-pyrrole nitrogens is 1. The summed E-state index contributed by atoms with van der Waals surface area (Å²) in [6, 6.07) is 1.58. The Hall–Kier alpha value is -1.12. The molecule has 0 amide bonds. The van der Waals surface area contributed by atoms with Crippen LogP contribution in [-0.4, -0.2) is 9.97 Å². The third-order valence-corrected chi connectivity index (χ3v) is 2.73. The van der Waals surface area contributed by atoms with Crippen LogP contribution in [0, 0.1) is 0 Å². The fourth-order valence-electron chi connectivity index (χ4n) is 1.40. The zero-order valence-corrected chi connectivity index (χ0v) is 8.05. The first-order valence-corrected chi connectivity index (χ1v) is 4.75. The number of aromatic nitrogens is 2. The highest BCUT2D eigenvalue weighted by molar-refractivity contribution is 5.17. The third-order valence-electron chi connectivity index (χ3n) is 2.73. The van der Waals surface area contributed by atoms with Gasteiger partial charge < -0.3 is 4.98 Å². The molecular weight excluding hydrogens is 164 g/mol. The lowest BCUT2D eigenvalue weighted by Crippen LogP contribution is -2.17. The summed E-state index contributed by atoms with van der Waals surface area (Å²) in [5, 5.41) is 0. The van der Waals surface area contributed by atoms with Crippen LogP contribution < -0.4 is 5.56 Å². The normalized spacial score (nSPS) is 18.6. The minimum atomic E-state index is -0.0185. The molecule has 1 N–H and O–H groups in total. The van der Waals surface area contributed by atoms with E-state index in [1.807, 2.05) is 6.92 Å². The summed E-state index contributed by atoms with van der Waals surface area (Å²) in [4.78, 5) is 18.5. The van der Waals surface area contributed by atoms with Crippen molar-refractivity contribution in [2.45, 2.75) is 38.5 Å². The molecule has 13 heavy (non-hydrogen) atoms. The predicted octanol–water partition coefficient (Wildman–Crippen LogP) is 1.38. The topological polar surface area (TPSA) is 45.8 Å². The number of hydrogen-bond acceptors (Lipinski definition) is 2. The molecule has 1 saturated carbocycles. The number of aromatic amines is 1. The third kappa shape index (κ3) is 1.50. The summed E-state index contributed by atoms with van der Waals surface area (Å²) in [5.41, 5.74) is 1.03. The van der Waals surface area contributed by atoms with Gasteiger partial charge >= 0.3 is 0 Å². The Labute approximate surface area is 77.2 Å². The van der Waals surface area contributed by atoms with E-state index in [1.165, 1.54) is 0 Å². The molecule has 0 spiro atoms. The van der Waals surface area contributed by atoms with Gasteiger partial charge in [-0.3, -0.25) is 4.79 Å². The average Bonchev–Trinajstić information content (AvgIpc) is 2.84. The van der Waals surface area contributed by atoms with Crippen molar-refractivity contribution >= 4 is 0 Å². The molecule has 0 saturated heterocycles. The van der Waals surface area contributed by atoms with Gasteiger partial charge in [0.1, 0.15) is 5.82 Å².